The Morgan fingerprint density at radius 1 is 1.06 bits per heavy atom. The van der Waals surface area contributed by atoms with Crippen LogP contribution in [-0.2, 0) is 14.8 Å². The zero-order valence-electron chi connectivity index (χ0n) is 16.2. The summed E-state index contributed by atoms with van der Waals surface area (Å²) in [6.45, 7) is -0.598. The van der Waals surface area contributed by atoms with E-state index in [2.05, 4.69) is 5.32 Å². The molecule has 0 heterocycles. The molecule has 162 valence electrons. The van der Waals surface area contributed by atoms with Crippen LogP contribution in [0.25, 0.3) is 0 Å². The van der Waals surface area contributed by atoms with Gasteiger partial charge in [-0.15, -0.1) is 11.8 Å². The van der Waals surface area contributed by atoms with E-state index in [0.717, 1.165) is 15.3 Å². The van der Waals surface area contributed by atoms with Gasteiger partial charge in [-0.05, 0) is 66.9 Å². The van der Waals surface area contributed by atoms with Crippen LogP contribution in [0.15, 0.2) is 76.5 Å². The highest BCUT2D eigenvalue weighted by atomic mass is 35.5. The number of hydrogen-bond acceptors (Lipinski definition) is 4. The maximum Gasteiger partial charge on any atom is 0.264 e. The minimum absolute atomic E-state index is 0.0151. The Bertz CT molecular complexity index is 1210. The molecule has 0 aliphatic rings. The van der Waals surface area contributed by atoms with Gasteiger partial charge in [-0.3, -0.25) is 9.10 Å². The summed E-state index contributed by atoms with van der Waals surface area (Å²) in [5.41, 5.74) is 0.251. The van der Waals surface area contributed by atoms with Crippen molar-refractivity contribution in [1.82, 2.24) is 0 Å². The lowest BCUT2D eigenvalue weighted by Crippen LogP contribution is -2.38. The number of anilines is 2. The predicted molar refractivity (Wildman–Crippen MR) is 124 cm³/mol. The monoisotopic (exact) mass is 498 g/mol. The lowest BCUT2D eigenvalue weighted by molar-refractivity contribution is -0.114. The van der Waals surface area contributed by atoms with E-state index in [9.17, 15) is 17.6 Å². The number of carbonyl (C=O) groups is 1. The number of sulfonamides is 1. The van der Waals surface area contributed by atoms with Gasteiger partial charge in [0.05, 0.1) is 21.3 Å². The molecule has 0 aliphatic heterocycles. The van der Waals surface area contributed by atoms with Crippen molar-refractivity contribution in [2.75, 3.05) is 22.4 Å². The fraction of sp³-hybridized carbons (Fsp3) is 0.0952. The van der Waals surface area contributed by atoms with Gasteiger partial charge in [0.1, 0.15) is 12.4 Å². The second-order valence-electron chi connectivity index (χ2n) is 6.34. The summed E-state index contributed by atoms with van der Waals surface area (Å²) in [6, 6.07) is 15.7. The predicted octanol–water partition coefficient (Wildman–Crippen LogP) is 5.69. The van der Waals surface area contributed by atoms with Crippen molar-refractivity contribution < 1.29 is 17.6 Å². The van der Waals surface area contributed by atoms with Gasteiger partial charge in [-0.25, -0.2) is 12.8 Å². The Morgan fingerprint density at radius 3 is 2.42 bits per heavy atom. The number of hydrogen-bond donors (Lipinski definition) is 1. The number of amides is 1. The highest BCUT2D eigenvalue weighted by Gasteiger charge is 2.28. The Morgan fingerprint density at radius 2 is 1.77 bits per heavy atom. The SMILES string of the molecule is CSc1ccc(S(=O)(=O)N(CC(=O)Nc2cc(Cl)ccc2Cl)c2cccc(F)c2)cc1. The van der Waals surface area contributed by atoms with Crippen LogP contribution >= 0.6 is 35.0 Å². The minimum atomic E-state index is -4.16. The quantitative estimate of drug-likeness (QED) is 0.425. The van der Waals surface area contributed by atoms with Gasteiger partial charge in [0, 0.05) is 9.92 Å². The van der Waals surface area contributed by atoms with Gasteiger partial charge in [0.25, 0.3) is 10.0 Å². The first-order chi connectivity index (χ1) is 14.7. The Hall–Kier alpha value is -2.26. The van der Waals surface area contributed by atoms with Crippen molar-refractivity contribution in [3.8, 4) is 0 Å². The number of nitrogens with zero attached hydrogens (tertiary/aromatic N) is 1. The average Bonchev–Trinajstić information content (AvgIpc) is 2.74. The van der Waals surface area contributed by atoms with Gasteiger partial charge in [0.15, 0.2) is 0 Å². The number of halogens is 3. The average molecular weight is 499 g/mol. The lowest BCUT2D eigenvalue weighted by Gasteiger charge is -2.24. The summed E-state index contributed by atoms with van der Waals surface area (Å²) >= 11 is 13.5. The molecule has 0 saturated heterocycles. The highest BCUT2D eigenvalue weighted by Crippen LogP contribution is 2.28. The van der Waals surface area contributed by atoms with Crippen LogP contribution in [0, 0.1) is 5.82 Å². The van der Waals surface area contributed by atoms with Crippen molar-refractivity contribution in [2.24, 2.45) is 0 Å². The molecule has 0 radical (unpaired) electrons. The first-order valence-electron chi connectivity index (χ1n) is 8.88. The van der Waals surface area contributed by atoms with Crippen molar-refractivity contribution in [3.05, 3.63) is 82.6 Å². The van der Waals surface area contributed by atoms with E-state index in [1.165, 1.54) is 54.2 Å². The van der Waals surface area contributed by atoms with Gasteiger partial charge >= 0.3 is 0 Å². The third-order valence-corrected chi connectivity index (χ3v) is 7.33. The molecule has 3 aromatic carbocycles. The third-order valence-electron chi connectivity index (χ3n) is 4.23. The van der Waals surface area contributed by atoms with Crippen molar-refractivity contribution >= 4 is 62.3 Å². The van der Waals surface area contributed by atoms with Crippen molar-refractivity contribution in [2.45, 2.75) is 9.79 Å². The Kier molecular flexibility index (Phi) is 7.48. The summed E-state index contributed by atoms with van der Waals surface area (Å²) in [7, 11) is -4.16. The van der Waals surface area contributed by atoms with E-state index in [-0.39, 0.29) is 21.3 Å². The molecule has 3 rings (SSSR count). The van der Waals surface area contributed by atoms with E-state index in [4.69, 9.17) is 23.2 Å². The summed E-state index contributed by atoms with van der Waals surface area (Å²) in [4.78, 5) is 13.6. The third kappa shape index (κ3) is 5.71. The highest BCUT2D eigenvalue weighted by molar-refractivity contribution is 7.98. The molecule has 0 atom stereocenters. The number of thioether (sulfide) groups is 1. The molecule has 0 fully saturated rings. The molecule has 0 aromatic heterocycles. The van der Waals surface area contributed by atoms with Crippen LogP contribution < -0.4 is 9.62 Å². The molecule has 0 aliphatic carbocycles. The topological polar surface area (TPSA) is 66.5 Å². The molecular formula is C21H17Cl2FN2O3S2. The molecule has 0 saturated carbocycles. The fourth-order valence-corrected chi connectivity index (χ4v) is 4.89. The Balaban J connectivity index is 1.96. The number of rotatable bonds is 7. The summed E-state index contributed by atoms with van der Waals surface area (Å²) in [5, 5.41) is 3.14. The molecule has 31 heavy (non-hydrogen) atoms. The van der Waals surface area contributed by atoms with Crippen molar-refractivity contribution in [1.29, 1.82) is 0 Å². The maximum absolute atomic E-state index is 13.8. The number of nitrogens with one attached hydrogen (secondary N) is 1. The van der Waals surface area contributed by atoms with Crippen LogP contribution in [0.1, 0.15) is 0 Å². The zero-order chi connectivity index (χ0) is 22.6. The van der Waals surface area contributed by atoms with Gasteiger partial charge in [0.2, 0.25) is 5.91 Å². The van der Waals surface area contributed by atoms with Crippen LogP contribution in [0.4, 0.5) is 15.8 Å². The lowest BCUT2D eigenvalue weighted by atomic mass is 10.3. The minimum Gasteiger partial charge on any atom is -0.323 e. The van der Waals surface area contributed by atoms with Gasteiger partial charge in [-0.1, -0.05) is 29.3 Å². The smallest absolute Gasteiger partial charge is 0.264 e. The second kappa shape index (κ2) is 9.91. The largest absolute Gasteiger partial charge is 0.323 e. The molecule has 10 heteroatoms. The first kappa shape index (κ1) is 23.4. The molecule has 0 spiro atoms. The van der Waals surface area contributed by atoms with Gasteiger partial charge < -0.3 is 5.32 Å². The van der Waals surface area contributed by atoms with Crippen LogP contribution in [0.2, 0.25) is 10.0 Å². The van der Waals surface area contributed by atoms with E-state index in [1.807, 2.05) is 6.26 Å². The molecule has 1 N–H and O–H groups in total. The standard InChI is InChI=1S/C21H17Cl2FN2O3S2/c1-30-17-6-8-18(9-7-17)31(28,29)26(16-4-2-3-15(24)12-16)13-21(27)25-20-11-14(22)5-10-19(20)23/h2-12H,13H2,1H3,(H,25,27). The van der Waals surface area contributed by atoms with E-state index in [1.54, 1.807) is 18.2 Å². The van der Waals surface area contributed by atoms with Crippen LogP contribution in [0.3, 0.4) is 0 Å². The molecule has 3 aromatic rings. The van der Waals surface area contributed by atoms with Crippen molar-refractivity contribution in [3.63, 3.8) is 0 Å². The second-order valence-corrected chi connectivity index (χ2v) is 9.93. The zero-order valence-corrected chi connectivity index (χ0v) is 19.3. The van der Waals surface area contributed by atoms with E-state index in [0.29, 0.717) is 5.02 Å². The first-order valence-corrected chi connectivity index (χ1v) is 12.3. The van der Waals surface area contributed by atoms with E-state index >= 15 is 0 Å². The Labute approximate surface area is 194 Å². The molecular weight excluding hydrogens is 482 g/mol. The summed E-state index contributed by atoms with van der Waals surface area (Å²) < 4.78 is 41.3. The fourth-order valence-electron chi connectivity index (χ4n) is 2.73. The normalized spacial score (nSPS) is 11.2. The molecule has 0 bridgehead atoms. The van der Waals surface area contributed by atoms with Crippen LogP contribution in [-0.4, -0.2) is 27.1 Å². The number of benzene rings is 3. The summed E-state index contributed by atoms with van der Waals surface area (Å²) in [6.07, 6.45) is 1.87. The van der Waals surface area contributed by atoms with Gasteiger partial charge in [-0.2, -0.15) is 0 Å². The summed E-state index contributed by atoms with van der Waals surface area (Å²) in [5.74, 6) is -1.30. The van der Waals surface area contributed by atoms with E-state index < -0.39 is 28.3 Å². The molecule has 1 amide bonds. The maximum atomic E-state index is 13.8. The van der Waals surface area contributed by atoms with Crippen LogP contribution in [0.5, 0.6) is 0 Å². The molecule has 0 unspecified atom stereocenters. The molecule has 5 nitrogen and oxygen atoms in total. The number of carbonyl (C=O) groups excluding carboxylic acids is 1.